The molecule has 0 aromatic carbocycles. The van der Waals surface area contributed by atoms with Gasteiger partial charge in [-0.3, -0.25) is 4.39 Å². The molecule has 1 amide bonds. The summed E-state index contributed by atoms with van der Waals surface area (Å²) in [5, 5.41) is 1.97. The van der Waals surface area contributed by atoms with Gasteiger partial charge < -0.3 is 10.1 Å². The quantitative estimate of drug-likeness (QED) is 0.691. The van der Waals surface area contributed by atoms with Crippen LogP contribution in [0.2, 0.25) is 0 Å². The second-order valence-electron chi connectivity index (χ2n) is 2.41. The Balaban J connectivity index is 3.69. The second kappa shape index (κ2) is 7.06. The molecule has 0 bridgehead atoms. The first-order valence-electron chi connectivity index (χ1n) is 3.80. The monoisotopic (exact) mass is 209 g/mol. The van der Waals surface area contributed by atoms with Crippen molar-refractivity contribution in [2.24, 2.45) is 5.92 Å². The van der Waals surface area contributed by atoms with Crippen molar-refractivity contribution in [2.45, 2.75) is 6.43 Å². The van der Waals surface area contributed by atoms with Gasteiger partial charge in [0.05, 0.1) is 12.6 Å². The Morgan fingerprint density at radius 2 is 2.21 bits per heavy atom. The van der Waals surface area contributed by atoms with Crippen LogP contribution in [0.1, 0.15) is 0 Å². The molecule has 0 aromatic heterocycles. The Kier molecular flexibility index (Phi) is 6.37. The molecule has 0 rings (SSSR count). The minimum absolute atomic E-state index is 0.249. The summed E-state index contributed by atoms with van der Waals surface area (Å²) < 4.78 is 40.1. The van der Waals surface area contributed by atoms with Crippen LogP contribution in [0.25, 0.3) is 0 Å². The van der Waals surface area contributed by atoms with Crippen molar-refractivity contribution in [3.63, 3.8) is 0 Å². The molecule has 6 heteroatoms. The van der Waals surface area contributed by atoms with E-state index in [9.17, 15) is 18.0 Å². The Bertz CT molecular complexity index is 215. The maximum Gasteiger partial charge on any atom is 0.408 e. The van der Waals surface area contributed by atoms with E-state index in [2.05, 4.69) is 4.74 Å². The summed E-state index contributed by atoms with van der Waals surface area (Å²) in [5.74, 6) is 0.512. The Morgan fingerprint density at radius 1 is 1.57 bits per heavy atom. The van der Waals surface area contributed by atoms with Crippen molar-refractivity contribution < 1.29 is 22.7 Å². The molecule has 0 aromatic rings. The van der Waals surface area contributed by atoms with Gasteiger partial charge in [-0.05, 0) is 0 Å². The van der Waals surface area contributed by atoms with Gasteiger partial charge in [0.1, 0.15) is 0 Å². The SMILES string of the molecule is C#CCOC(=O)NCC(CF)C(F)F. The van der Waals surface area contributed by atoms with Crippen LogP contribution in [-0.2, 0) is 4.74 Å². The van der Waals surface area contributed by atoms with E-state index < -0.39 is 31.7 Å². The van der Waals surface area contributed by atoms with Crippen molar-refractivity contribution in [1.82, 2.24) is 5.32 Å². The topological polar surface area (TPSA) is 38.3 Å². The average molecular weight is 209 g/mol. The lowest BCUT2D eigenvalue weighted by Gasteiger charge is -2.12. The van der Waals surface area contributed by atoms with Crippen LogP contribution in [0.5, 0.6) is 0 Å². The zero-order valence-corrected chi connectivity index (χ0v) is 7.30. The Hall–Kier alpha value is -1.38. The fourth-order valence-electron chi connectivity index (χ4n) is 0.584. The molecule has 0 spiro atoms. The smallest absolute Gasteiger partial charge is 0.408 e. The molecule has 80 valence electrons. The van der Waals surface area contributed by atoms with Crippen molar-refractivity contribution >= 4 is 6.09 Å². The highest BCUT2D eigenvalue weighted by molar-refractivity contribution is 5.67. The van der Waals surface area contributed by atoms with Crippen LogP contribution in [0.15, 0.2) is 0 Å². The second-order valence-corrected chi connectivity index (χ2v) is 2.41. The third-order valence-electron chi connectivity index (χ3n) is 1.35. The Labute approximate surface area is 79.6 Å². The molecule has 0 fully saturated rings. The number of halogens is 3. The molecule has 1 atom stereocenters. The molecular formula is C8H10F3NO2. The van der Waals surface area contributed by atoms with Gasteiger partial charge in [-0.15, -0.1) is 6.42 Å². The molecule has 0 radical (unpaired) electrons. The molecule has 0 saturated heterocycles. The van der Waals surface area contributed by atoms with Crippen LogP contribution in [0.4, 0.5) is 18.0 Å². The molecule has 3 nitrogen and oxygen atoms in total. The fraction of sp³-hybridized carbons (Fsp3) is 0.625. The van der Waals surface area contributed by atoms with Gasteiger partial charge in [-0.2, -0.15) is 0 Å². The number of ether oxygens (including phenoxy) is 1. The summed E-state index contributed by atoms with van der Waals surface area (Å²) in [5.41, 5.74) is 0. The number of carbonyl (C=O) groups excluding carboxylic acids is 1. The lowest BCUT2D eigenvalue weighted by molar-refractivity contribution is 0.0614. The third kappa shape index (κ3) is 5.30. The number of nitrogens with one attached hydrogen (secondary N) is 1. The number of alkyl carbamates (subject to hydrolysis) is 1. The van der Waals surface area contributed by atoms with Gasteiger partial charge in [0, 0.05) is 6.54 Å². The van der Waals surface area contributed by atoms with Crippen LogP contribution in [0, 0.1) is 18.3 Å². The highest BCUT2D eigenvalue weighted by Gasteiger charge is 2.20. The summed E-state index contributed by atoms with van der Waals surface area (Å²) in [7, 11) is 0. The molecule has 14 heavy (non-hydrogen) atoms. The lowest BCUT2D eigenvalue weighted by Crippen LogP contribution is -2.33. The zero-order chi connectivity index (χ0) is 11.0. The van der Waals surface area contributed by atoms with Gasteiger partial charge in [-0.25, -0.2) is 13.6 Å². The minimum Gasteiger partial charge on any atom is -0.436 e. The first kappa shape index (κ1) is 12.6. The summed E-state index contributed by atoms with van der Waals surface area (Å²) in [6, 6.07) is 0. The number of hydrogen-bond donors (Lipinski definition) is 1. The third-order valence-corrected chi connectivity index (χ3v) is 1.35. The molecule has 1 N–H and O–H groups in total. The van der Waals surface area contributed by atoms with E-state index in [1.165, 1.54) is 0 Å². The number of carbonyl (C=O) groups is 1. The normalized spacial score (nSPS) is 11.9. The van der Waals surface area contributed by atoms with Gasteiger partial charge in [0.2, 0.25) is 6.43 Å². The average Bonchev–Trinajstić information content (AvgIpc) is 2.15. The van der Waals surface area contributed by atoms with Gasteiger partial charge >= 0.3 is 6.09 Å². The summed E-state index contributed by atoms with van der Waals surface area (Å²) in [4.78, 5) is 10.6. The maximum absolute atomic E-state index is 11.9. The summed E-state index contributed by atoms with van der Waals surface area (Å²) in [6.45, 7) is -1.93. The summed E-state index contributed by atoms with van der Waals surface area (Å²) in [6.07, 6.45) is 1.03. The van der Waals surface area contributed by atoms with E-state index in [1.807, 2.05) is 11.2 Å². The molecule has 0 aliphatic carbocycles. The number of hydrogen-bond acceptors (Lipinski definition) is 2. The van der Waals surface area contributed by atoms with E-state index in [0.717, 1.165) is 0 Å². The first-order chi connectivity index (χ1) is 6.61. The highest BCUT2D eigenvalue weighted by atomic mass is 19.3. The van der Waals surface area contributed by atoms with Crippen molar-refractivity contribution in [1.29, 1.82) is 0 Å². The maximum atomic E-state index is 11.9. The predicted octanol–water partition coefficient (Wildman–Crippen LogP) is 1.20. The van der Waals surface area contributed by atoms with E-state index in [4.69, 9.17) is 6.42 Å². The summed E-state index contributed by atoms with van der Waals surface area (Å²) >= 11 is 0. The van der Waals surface area contributed by atoms with Crippen LogP contribution < -0.4 is 5.32 Å². The molecule has 1 unspecified atom stereocenters. The number of alkyl halides is 3. The minimum atomic E-state index is -2.81. The predicted molar refractivity (Wildman–Crippen MR) is 43.7 cm³/mol. The largest absolute Gasteiger partial charge is 0.436 e. The molecule has 0 aliphatic heterocycles. The number of amides is 1. The molecule has 0 saturated carbocycles. The van der Waals surface area contributed by atoms with Crippen LogP contribution in [0.3, 0.4) is 0 Å². The van der Waals surface area contributed by atoms with E-state index in [1.54, 1.807) is 0 Å². The van der Waals surface area contributed by atoms with Gasteiger partial charge in [-0.1, -0.05) is 5.92 Å². The zero-order valence-electron chi connectivity index (χ0n) is 7.30. The standard InChI is InChI=1S/C8H10F3NO2/c1-2-3-14-8(13)12-5-6(4-9)7(10)11/h1,6-7H,3-5H2,(H,12,13). The fourth-order valence-corrected chi connectivity index (χ4v) is 0.584. The van der Waals surface area contributed by atoms with Crippen LogP contribution >= 0.6 is 0 Å². The van der Waals surface area contributed by atoms with Gasteiger partial charge in [0.25, 0.3) is 0 Å². The van der Waals surface area contributed by atoms with E-state index in [-0.39, 0.29) is 6.61 Å². The first-order valence-corrected chi connectivity index (χ1v) is 3.80. The van der Waals surface area contributed by atoms with Crippen LogP contribution in [-0.4, -0.2) is 32.3 Å². The molecule has 0 aliphatic rings. The van der Waals surface area contributed by atoms with Crippen molar-refractivity contribution in [3.05, 3.63) is 0 Å². The molecule has 0 heterocycles. The number of rotatable bonds is 5. The van der Waals surface area contributed by atoms with Crippen molar-refractivity contribution in [3.8, 4) is 12.3 Å². The molecular weight excluding hydrogens is 199 g/mol. The van der Waals surface area contributed by atoms with Gasteiger partial charge in [0.15, 0.2) is 6.61 Å². The lowest BCUT2D eigenvalue weighted by atomic mass is 10.2. The number of terminal acetylenes is 1. The van der Waals surface area contributed by atoms with E-state index >= 15 is 0 Å². The van der Waals surface area contributed by atoms with E-state index in [0.29, 0.717) is 0 Å². The van der Waals surface area contributed by atoms with Crippen molar-refractivity contribution in [2.75, 3.05) is 19.8 Å². The Morgan fingerprint density at radius 3 is 2.64 bits per heavy atom. The highest BCUT2D eigenvalue weighted by Crippen LogP contribution is 2.08.